The molecule has 0 amide bonds. The fourth-order valence-corrected chi connectivity index (χ4v) is 3.20. The van der Waals surface area contributed by atoms with Crippen LogP contribution in [-0.4, -0.2) is 0 Å². The van der Waals surface area contributed by atoms with Crippen molar-refractivity contribution in [3.63, 3.8) is 0 Å². The maximum absolute atomic E-state index is 2.45. The molecule has 0 bridgehead atoms. The molecule has 11 heavy (non-hydrogen) atoms. The summed E-state index contributed by atoms with van der Waals surface area (Å²) in [6.45, 7) is 7.33. The second kappa shape index (κ2) is 2.50. The lowest BCUT2D eigenvalue weighted by Gasteiger charge is -2.54. The summed E-state index contributed by atoms with van der Waals surface area (Å²) in [6, 6.07) is 0. The van der Waals surface area contributed by atoms with Crippen molar-refractivity contribution in [2.45, 2.75) is 40.0 Å². The van der Waals surface area contributed by atoms with Crippen LogP contribution in [-0.2, 0) is 0 Å². The highest BCUT2D eigenvalue weighted by atomic mass is 14.5. The highest BCUT2D eigenvalue weighted by Crippen LogP contribution is 2.54. The van der Waals surface area contributed by atoms with Gasteiger partial charge in [0.05, 0.1) is 0 Å². The SMILES string of the molecule is CC1C(C)C(C2CCC2)C1C. The van der Waals surface area contributed by atoms with E-state index in [4.69, 9.17) is 0 Å². The zero-order valence-corrected chi connectivity index (χ0v) is 8.01. The predicted molar refractivity (Wildman–Crippen MR) is 48.3 cm³/mol. The van der Waals surface area contributed by atoms with Crippen LogP contribution in [0.25, 0.3) is 0 Å². The molecular weight excluding hydrogens is 132 g/mol. The van der Waals surface area contributed by atoms with Gasteiger partial charge in [-0.2, -0.15) is 0 Å². The van der Waals surface area contributed by atoms with Crippen LogP contribution in [0.1, 0.15) is 40.0 Å². The molecule has 0 N–H and O–H groups in total. The Morgan fingerprint density at radius 2 is 1.36 bits per heavy atom. The minimum absolute atomic E-state index is 1.00. The normalized spacial score (nSPS) is 51.5. The minimum atomic E-state index is 1.00. The Bertz CT molecular complexity index is 133. The van der Waals surface area contributed by atoms with Gasteiger partial charge in [0.2, 0.25) is 0 Å². The van der Waals surface area contributed by atoms with E-state index in [0.717, 1.165) is 29.6 Å². The second-order valence-corrected chi connectivity index (χ2v) is 4.85. The molecule has 2 unspecified atom stereocenters. The molecule has 2 aliphatic carbocycles. The van der Waals surface area contributed by atoms with E-state index < -0.39 is 0 Å². The highest BCUT2D eigenvalue weighted by molar-refractivity contribution is 4.95. The molecule has 0 nitrogen and oxygen atoms in total. The van der Waals surface area contributed by atoms with Crippen LogP contribution in [0, 0.1) is 29.6 Å². The minimum Gasteiger partial charge on any atom is -0.0620 e. The van der Waals surface area contributed by atoms with Crippen molar-refractivity contribution >= 4 is 0 Å². The third-order valence-corrected chi connectivity index (χ3v) is 4.57. The molecule has 2 rings (SSSR count). The molecule has 2 saturated carbocycles. The molecule has 0 aromatic carbocycles. The lowest BCUT2D eigenvalue weighted by molar-refractivity contribution is -0.0525. The molecule has 0 spiro atoms. The van der Waals surface area contributed by atoms with E-state index in [0.29, 0.717) is 0 Å². The van der Waals surface area contributed by atoms with Crippen LogP contribution < -0.4 is 0 Å². The van der Waals surface area contributed by atoms with Crippen molar-refractivity contribution in [1.29, 1.82) is 0 Å². The van der Waals surface area contributed by atoms with Crippen molar-refractivity contribution in [1.82, 2.24) is 0 Å². The van der Waals surface area contributed by atoms with E-state index in [1.54, 1.807) is 0 Å². The van der Waals surface area contributed by atoms with Crippen molar-refractivity contribution < 1.29 is 0 Å². The Hall–Kier alpha value is 0. The predicted octanol–water partition coefficient (Wildman–Crippen LogP) is 3.32. The molecule has 0 heterocycles. The summed E-state index contributed by atoms with van der Waals surface area (Å²) in [5, 5.41) is 0. The highest BCUT2D eigenvalue weighted by Gasteiger charge is 2.47. The molecule has 0 radical (unpaired) electrons. The van der Waals surface area contributed by atoms with E-state index in [-0.39, 0.29) is 0 Å². The van der Waals surface area contributed by atoms with Gasteiger partial charge < -0.3 is 0 Å². The van der Waals surface area contributed by atoms with Crippen LogP contribution in [0.3, 0.4) is 0 Å². The average Bonchev–Trinajstić information content (AvgIpc) is 1.94. The first kappa shape index (κ1) is 7.64. The third-order valence-electron chi connectivity index (χ3n) is 4.57. The quantitative estimate of drug-likeness (QED) is 0.540. The molecular formula is C11H20. The summed E-state index contributed by atoms with van der Waals surface area (Å²) in [5.74, 6) is 5.26. The monoisotopic (exact) mass is 152 g/mol. The molecule has 0 heteroatoms. The Morgan fingerprint density at radius 1 is 0.818 bits per heavy atom. The maximum atomic E-state index is 2.45. The van der Waals surface area contributed by atoms with E-state index in [1.165, 1.54) is 19.3 Å². The van der Waals surface area contributed by atoms with Gasteiger partial charge in [-0.3, -0.25) is 0 Å². The number of hydrogen-bond donors (Lipinski definition) is 0. The molecule has 0 aromatic heterocycles. The summed E-state index contributed by atoms with van der Waals surface area (Å²) in [4.78, 5) is 0. The van der Waals surface area contributed by atoms with Gasteiger partial charge >= 0.3 is 0 Å². The smallest absolute Gasteiger partial charge is 0.0329 e. The van der Waals surface area contributed by atoms with Crippen molar-refractivity contribution in [3.8, 4) is 0 Å². The van der Waals surface area contributed by atoms with E-state index >= 15 is 0 Å². The van der Waals surface area contributed by atoms with Gasteiger partial charge in [-0.1, -0.05) is 40.0 Å². The van der Waals surface area contributed by atoms with Gasteiger partial charge in [0.1, 0.15) is 0 Å². The van der Waals surface area contributed by atoms with Crippen LogP contribution in [0.5, 0.6) is 0 Å². The van der Waals surface area contributed by atoms with Gasteiger partial charge in [-0.05, 0) is 29.6 Å². The molecule has 0 aromatic rings. The fourth-order valence-electron chi connectivity index (χ4n) is 3.20. The van der Waals surface area contributed by atoms with Crippen LogP contribution in [0.15, 0.2) is 0 Å². The van der Waals surface area contributed by atoms with Crippen LogP contribution in [0.2, 0.25) is 0 Å². The topological polar surface area (TPSA) is 0 Å². The molecule has 2 atom stereocenters. The Kier molecular flexibility index (Phi) is 1.74. The maximum Gasteiger partial charge on any atom is -0.0329 e. The second-order valence-electron chi connectivity index (χ2n) is 4.85. The molecule has 2 aliphatic rings. The van der Waals surface area contributed by atoms with E-state index in [2.05, 4.69) is 20.8 Å². The number of rotatable bonds is 1. The Morgan fingerprint density at radius 3 is 1.73 bits per heavy atom. The Labute approximate surface area is 70.4 Å². The lowest BCUT2D eigenvalue weighted by Crippen LogP contribution is -2.47. The van der Waals surface area contributed by atoms with Gasteiger partial charge in [0.15, 0.2) is 0 Å². The molecule has 64 valence electrons. The van der Waals surface area contributed by atoms with Gasteiger partial charge in [-0.25, -0.2) is 0 Å². The van der Waals surface area contributed by atoms with E-state index in [1.807, 2.05) is 0 Å². The van der Waals surface area contributed by atoms with Gasteiger partial charge in [0, 0.05) is 0 Å². The molecule has 0 aliphatic heterocycles. The number of hydrogen-bond acceptors (Lipinski definition) is 0. The zero-order chi connectivity index (χ0) is 8.01. The van der Waals surface area contributed by atoms with Crippen molar-refractivity contribution in [3.05, 3.63) is 0 Å². The van der Waals surface area contributed by atoms with Crippen molar-refractivity contribution in [2.24, 2.45) is 29.6 Å². The van der Waals surface area contributed by atoms with E-state index in [9.17, 15) is 0 Å². The summed E-state index contributed by atoms with van der Waals surface area (Å²) in [5.41, 5.74) is 0. The third kappa shape index (κ3) is 0.947. The molecule has 2 fully saturated rings. The van der Waals surface area contributed by atoms with Crippen LogP contribution >= 0.6 is 0 Å². The fraction of sp³-hybridized carbons (Fsp3) is 1.00. The lowest BCUT2D eigenvalue weighted by atomic mass is 9.51. The van der Waals surface area contributed by atoms with Crippen molar-refractivity contribution in [2.75, 3.05) is 0 Å². The largest absolute Gasteiger partial charge is 0.0620 e. The van der Waals surface area contributed by atoms with Gasteiger partial charge in [0.25, 0.3) is 0 Å². The van der Waals surface area contributed by atoms with Gasteiger partial charge in [-0.15, -0.1) is 0 Å². The first-order chi connectivity index (χ1) is 5.22. The first-order valence-corrected chi connectivity index (χ1v) is 5.22. The summed E-state index contributed by atoms with van der Waals surface area (Å²) >= 11 is 0. The average molecular weight is 152 g/mol. The summed E-state index contributed by atoms with van der Waals surface area (Å²) < 4.78 is 0. The first-order valence-electron chi connectivity index (χ1n) is 5.22. The summed E-state index contributed by atoms with van der Waals surface area (Å²) in [6.07, 6.45) is 4.58. The zero-order valence-electron chi connectivity index (χ0n) is 8.01. The summed E-state index contributed by atoms with van der Waals surface area (Å²) in [7, 11) is 0. The standard InChI is InChI=1S/C11H20/c1-7-8(2)11(9(7)3)10-5-4-6-10/h7-11H,4-6H2,1-3H3. The Balaban J connectivity index is 1.94. The molecule has 0 saturated heterocycles. The van der Waals surface area contributed by atoms with Crippen LogP contribution in [0.4, 0.5) is 0 Å².